The van der Waals surface area contributed by atoms with Gasteiger partial charge in [-0.3, -0.25) is 0 Å². The number of rotatable bonds is 17. The third-order valence-electron chi connectivity index (χ3n) is 3.68. The quantitative estimate of drug-likeness (QED) is 0.117. The van der Waals surface area contributed by atoms with Crippen molar-refractivity contribution in [2.75, 3.05) is 17.6 Å². The number of unbranched alkanes of at least 4 members (excludes halogenated alkanes) is 8. The fourth-order valence-corrected chi connectivity index (χ4v) is 2.82. The van der Waals surface area contributed by atoms with E-state index in [1.807, 2.05) is 0 Å². The zero-order valence-electron chi connectivity index (χ0n) is 14.4. The normalized spacial score (nSPS) is 11.4. The van der Waals surface area contributed by atoms with Crippen molar-refractivity contribution >= 4 is 22.6 Å². The third kappa shape index (κ3) is 16.8. The molecule has 0 aliphatic heterocycles. The Labute approximate surface area is 146 Å². The largest absolute Gasteiger partial charge is 0.353 e. The Bertz CT molecular complexity index is 174. The molecule has 0 aliphatic rings. The highest BCUT2D eigenvalue weighted by molar-refractivity contribution is 14.1. The van der Waals surface area contributed by atoms with Crippen LogP contribution in [0.5, 0.6) is 0 Å². The summed E-state index contributed by atoms with van der Waals surface area (Å²) < 4.78 is 13.2. The first-order valence-corrected chi connectivity index (χ1v) is 10.7. The Hall–Kier alpha value is 0.650. The summed E-state index contributed by atoms with van der Waals surface area (Å²) in [7, 11) is 0. The molecular formula is C18H37IO2. The zero-order chi connectivity index (χ0) is 15.6. The summed E-state index contributed by atoms with van der Waals surface area (Å²) in [5, 5.41) is 0. The van der Waals surface area contributed by atoms with Crippen molar-refractivity contribution in [2.45, 2.75) is 97.2 Å². The first-order valence-electron chi connectivity index (χ1n) is 9.14. The van der Waals surface area contributed by atoms with Crippen LogP contribution < -0.4 is 0 Å². The highest BCUT2D eigenvalue weighted by Crippen LogP contribution is 2.12. The second kappa shape index (κ2) is 18.7. The van der Waals surface area contributed by atoms with E-state index < -0.39 is 0 Å². The molecule has 0 saturated carbocycles. The standard InChI is InChI=1S/C18H37IO2/c1-3-5-7-12-16-20-18(14-10-9-11-15-19)21-17-13-8-6-4-2/h18H,3-17H2,1-2H3. The molecule has 0 aromatic carbocycles. The van der Waals surface area contributed by atoms with Gasteiger partial charge in [0, 0.05) is 13.2 Å². The molecule has 0 heterocycles. The van der Waals surface area contributed by atoms with Gasteiger partial charge in [-0.1, -0.05) is 81.4 Å². The summed E-state index contributed by atoms with van der Waals surface area (Å²) >= 11 is 2.45. The van der Waals surface area contributed by atoms with Crippen molar-refractivity contribution in [1.29, 1.82) is 0 Å². The zero-order valence-corrected chi connectivity index (χ0v) is 16.5. The van der Waals surface area contributed by atoms with E-state index in [2.05, 4.69) is 36.4 Å². The van der Waals surface area contributed by atoms with Crippen LogP contribution in [0.1, 0.15) is 90.9 Å². The van der Waals surface area contributed by atoms with Crippen molar-refractivity contribution in [3.05, 3.63) is 0 Å². The molecule has 0 bridgehead atoms. The monoisotopic (exact) mass is 412 g/mol. The number of alkyl halides is 1. The molecule has 0 spiro atoms. The summed E-state index contributed by atoms with van der Waals surface area (Å²) in [4.78, 5) is 0. The Kier molecular flexibility index (Phi) is 19.3. The van der Waals surface area contributed by atoms with Crippen LogP contribution in [0.2, 0.25) is 0 Å². The average Bonchev–Trinajstić information content (AvgIpc) is 2.50. The van der Waals surface area contributed by atoms with Crippen LogP contribution in [0, 0.1) is 0 Å². The summed E-state index contributed by atoms with van der Waals surface area (Å²) in [6.45, 7) is 6.23. The fraction of sp³-hybridized carbons (Fsp3) is 1.00. The van der Waals surface area contributed by atoms with E-state index in [4.69, 9.17) is 9.47 Å². The summed E-state index contributed by atoms with van der Waals surface area (Å²) in [5.41, 5.74) is 0. The Balaban J connectivity index is 3.69. The third-order valence-corrected chi connectivity index (χ3v) is 4.44. The second-order valence-corrected chi connectivity index (χ2v) is 6.91. The Morgan fingerprint density at radius 3 is 1.67 bits per heavy atom. The first kappa shape index (κ1) is 21.6. The molecule has 128 valence electrons. The van der Waals surface area contributed by atoms with Crippen molar-refractivity contribution in [3.8, 4) is 0 Å². The van der Waals surface area contributed by atoms with Gasteiger partial charge in [0.25, 0.3) is 0 Å². The van der Waals surface area contributed by atoms with Gasteiger partial charge in [-0.25, -0.2) is 0 Å². The van der Waals surface area contributed by atoms with E-state index >= 15 is 0 Å². The molecule has 0 atom stereocenters. The van der Waals surface area contributed by atoms with Gasteiger partial charge in [0.1, 0.15) is 0 Å². The molecule has 0 aromatic heterocycles. The number of hydrogen-bond donors (Lipinski definition) is 0. The van der Waals surface area contributed by atoms with Crippen molar-refractivity contribution in [3.63, 3.8) is 0 Å². The van der Waals surface area contributed by atoms with Crippen molar-refractivity contribution in [1.82, 2.24) is 0 Å². The summed E-state index contributed by atoms with van der Waals surface area (Å²) in [5.74, 6) is 0. The van der Waals surface area contributed by atoms with Crippen LogP contribution in [-0.2, 0) is 9.47 Å². The maximum Gasteiger partial charge on any atom is 0.157 e. The molecule has 3 heteroatoms. The molecule has 2 nitrogen and oxygen atoms in total. The minimum absolute atomic E-state index is 0.0439. The van der Waals surface area contributed by atoms with E-state index in [1.54, 1.807) is 0 Å². The summed E-state index contributed by atoms with van der Waals surface area (Å²) in [6, 6.07) is 0. The lowest BCUT2D eigenvalue weighted by atomic mass is 10.2. The van der Waals surface area contributed by atoms with Gasteiger partial charge < -0.3 is 9.47 Å². The molecule has 0 rings (SSSR count). The number of halogens is 1. The van der Waals surface area contributed by atoms with Gasteiger partial charge in [0.05, 0.1) is 0 Å². The highest BCUT2D eigenvalue weighted by atomic mass is 127. The van der Waals surface area contributed by atoms with Crippen LogP contribution >= 0.6 is 22.6 Å². The average molecular weight is 412 g/mol. The lowest BCUT2D eigenvalue weighted by Crippen LogP contribution is -2.19. The smallest absolute Gasteiger partial charge is 0.157 e. The maximum absolute atomic E-state index is 5.95. The predicted octanol–water partition coefficient (Wildman–Crippen LogP) is 6.50. The van der Waals surface area contributed by atoms with Gasteiger partial charge >= 0.3 is 0 Å². The first-order chi connectivity index (χ1) is 10.3. The van der Waals surface area contributed by atoms with E-state index in [-0.39, 0.29) is 6.29 Å². The molecule has 0 radical (unpaired) electrons. The maximum atomic E-state index is 5.95. The van der Waals surface area contributed by atoms with E-state index in [0.717, 1.165) is 19.6 Å². The highest BCUT2D eigenvalue weighted by Gasteiger charge is 2.09. The van der Waals surface area contributed by atoms with Crippen molar-refractivity contribution < 1.29 is 9.47 Å². The van der Waals surface area contributed by atoms with Crippen LogP contribution in [0.25, 0.3) is 0 Å². The van der Waals surface area contributed by atoms with Crippen LogP contribution in [0.15, 0.2) is 0 Å². The van der Waals surface area contributed by atoms with E-state index in [0.29, 0.717) is 0 Å². The molecule has 0 fully saturated rings. The van der Waals surface area contributed by atoms with Crippen LogP contribution in [-0.4, -0.2) is 23.9 Å². The number of ether oxygens (including phenoxy) is 2. The van der Waals surface area contributed by atoms with Gasteiger partial charge in [-0.2, -0.15) is 0 Å². The topological polar surface area (TPSA) is 18.5 Å². The summed E-state index contributed by atoms with van der Waals surface area (Å²) in [6.07, 6.45) is 15.1. The van der Waals surface area contributed by atoms with Crippen LogP contribution in [0.3, 0.4) is 0 Å². The molecule has 0 aromatic rings. The van der Waals surface area contributed by atoms with Crippen LogP contribution in [0.4, 0.5) is 0 Å². The predicted molar refractivity (Wildman–Crippen MR) is 101 cm³/mol. The van der Waals surface area contributed by atoms with Gasteiger partial charge in [0.15, 0.2) is 6.29 Å². The van der Waals surface area contributed by atoms with E-state index in [1.165, 1.54) is 75.1 Å². The minimum atomic E-state index is 0.0439. The molecular weight excluding hydrogens is 375 g/mol. The van der Waals surface area contributed by atoms with E-state index in [9.17, 15) is 0 Å². The molecule has 0 amide bonds. The fourth-order valence-electron chi connectivity index (χ4n) is 2.28. The lowest BCUT2D eigenvalue weighted by molar-refractivity contribution is -0.148. The minimum Gasteiger partial charge on any atom is -0.353 e. The molecule has 0 unspecified atom stereocenters. The van der Waals surface area contributed by atoms with Gasteiger partial charge in [0.2, 0.25) is 0 Å². The number of hydrogen-bond acceptors (Lipinski definition) is 2. The lowest BCUT2D eigenvalue weighted by Gasteiger charge is -2.18. The second-order valence-electron chi connectivity index (χ2n) is 5.83. The molecule has 21 heavy (non-hydrogen) atoms. The Morgan fingerprint density at radius 1 is 0.667 bits per heavy atom. The van der Waals surface area contributed by atoms with Gasteiger partial charge in [-0.05, 0) is 36.5 Å². The molecule has 0 aliphatic carbocycles. The molecule has 0 saturated heterocycles. The van der Waals surface area contributed by atoms with Crippen molar-refractivity contribution in [2.24, 2.45) is 0 Å². The Morgan fingerprint density at radius 2 is 1.19 bits per heavy atom. The SMILES string of the molecule is CCCCCCOC(CCCCCI)OCCCCCC. The van der Waals surface area contributed by atoms with Gasteiger partial charge in [-0.15, -0.1) is 0 Å². The molecule has 0 N–H and O–H groups in total.